The lowest BCUT2D eigenvalue weighted by molar-refractivity contribution is 0.0352. The van der Waals surface area contributed by atoms with Crippen LogP contribution in [0.3, 0.4) is 0 Å². The Bertz CT molecular complexity index is 1030. The third-order valence-corrected chi connectivity index (χ3v) is 5.95. The number of pyridine rings is 1. The molecule has 2 aliphatic heterocycles. The van der Waals surface area contributed by atoms with Crippen LogP contribution in [-0.4, -0.2) is 23.2 Å². The molecule has 2 atom stereocenters. The van der Waals surface area contributed by atoms with Gasteiger partial charge in [-0.3, -0.25) is 4.98 Å². The Morgan fingerprint density at radius 3 is 2.92 bits per heavy atom. The maximum Gasteiger partial charge on any atom is 0.137 e. The highest BCUT2D eigenvalue weighted by Gasteiger charge is 2.53. The van der Waals surface area contributed by atoms with Crippen LogP contribution in [-0.2, 0) is 10.2 Å². The summed E-state index contributed by atoms with van der Waals surface area (Å²) in [6.45, 7) is 7.17. The monoisotopic (exact) mass is 352 g/mol. The van der Waals surface area contributed by atoms with Crippen molar-refractivity contribution in [2.45, 2.75) is 44.2 Å². The van der Waals surface area contributed by atoms with E-state index >= 15 is 4.39 Å². The molecule has 134 valence electrons. The lowest BCUT2D eigenvalue weighted by Gasteiger charge is -2.48. The van der Waals surface area contributed by atoms with Gasteiger partial charge in [0.25, 0.3) is 0 Å². The fourth-order valence-corrected chi connectivity index (χ4v) is 4.84. The fraction of sp³-hybridized carbons (Fsp3) is 0.381. The van der Waals surface area contributed by atoms with Crippen LogP contribution in [0.4, 0.5) is 10.1 Å². The van der Waals surface area contributed by atoms with Crippen LogP contribution in [0.5, 0.6) is 0 Å². The molecule has 3 aromatic rings. The summed E-state index contributed by atoms with van der Waals surface area (Å²) >= 11 is 0. The minimum absolute atomic E-state index is 0.0403. The molecule has 4 nitrogen and oxygen atoms in total. The number of halogens is 1. The predicted molar refractivity (Wildman–Crippen MR) is 98.8 cm³/mol. The molecular weight excluding hydrogens is 331 g/mol. The van der Waals surface area contributed by atoms with Crippen molar-refractivity contribution in [3.05, 3.63) is 48.1 Å². The maximum atomic E-state index is 15.1. The van der Waals surface area contributed by atoms with E-state index in [1.165, 1.54) is 0 Å². The number of aromatic nitrogens is 1. The van der Waals surface area contributed by atoms with E-state index in [2.05, 4.69) is 31.1 Å². The molecule has 0 amide bonds. The molecule has 0 aliphatic carbocycles. The predicted octanol–water partition coefficient (Wildman–Crippen LogP) is 4.88. The highest BCUT2D eigenvalue weighted by Crippen LogP contribution is 2.51. The fourth-order valence-electron chi connectivity index (χ4n) is 4.84. The molecule has 1 saturated heterocycles. The van der Waals surface area contributed by atoms with Gasteiger partial charge in [-0.1, -0.05) is 6.92 Å². The second kappa shape index (κ2) is 5.07. The summed E-state index contributed by atoms with van der Waals surface area (Å²) in [6, 6.07) is 7.18. The number of anilines is 1. The number of ether oxygens (including phenoxy) is 1. The third kappa shape index (κ3) is 2.01. The van der Waals surface area contributed by atoms with E-state index < -0.39 is 0 Å². The summed E-state index contributed by atoms with van der Waals surface area (Å²) in [5.74, 6) is -0.283. The van der Waals surface area contributed by atoms with E-state index in [0.29, 0.717) is 23.4 Å². The maximum absolute atomic E-state index is 15.1. The van der Waals surface area contributed by atoms with Crippen molar-refractivity contribution in [1.29, 1.82) is 0 Å². The van der Waals surface area contributed by atoms with Gasteiger partial charge in [-0.05, 0) is 50.1 Å². The van der Waals surface area contributed by atoms with E-state index in [1.54, 1.807) is 24.6 Å². The van der Waals surface area contributed by atoms with Gasteiger partial charge in [-0.2, -0.15) is 0 Å². The molecule has 0 bridgehead atoms. The van der Waals surface area contributed by atoms with E-state index in [1.807, 2.05) is 12.1 Å². The van der Waals surface area contributed by atoms with Gasteiger partial charge in [0.05, 0.1) is 23.6 Å². The molecule has 26 heavy (non-hydrogen) atoms. The SMILES string of the molecule is CC1(C)Nc2cc(F)c(-c3nccc4occc34)cc2C2(C)CCOC12. The molecule has 4 heterocycles. The average Bonchev–Trinajstić information content (AvgIpc) is 3.21. The van der Waals surface area contributed by atoms with Crippen molar-refractivity contribution >= 4 is 16.7 Å². The van der Waals surface area contributed by atoms with Gasteiger partial charge >= 0.3 is 0 Å². The molecule has 5 heteroatoms. The van der Waals surface area contributed by atoms with Crippen LogP contribution in [0.15, 0.2) is 41.1 Å². The minimum Gasteiger partial charge on any atom is -0.464 e. The first-order valence-corrected chi connectivity index (χ1v) is 8.96. The van der Waals surface area contributed by atoms with E-state index in [4.69, 9.17) is 9.15 Å². The van der Waals surface area contributed by atoms with Gasteiger partial charge in [0.15, 0.2) is 0 Å². The highest BCUT2D eigenvalue weighted by atomic mass is 19.1. The molecule has 0 saturated carbocycles. The van der Waals surface area contributed by atoms with Gasteiger partial charge in [0.2, 0.25) is 0 Å². The quantitative estimate of drug-likeness (QED) is 0.678. The van der Waals surface area contributed by atoms with Crippen molar-refractivity contribution in [2.24, 2.45) is 0 Å². The average molecular weight is 352 g/mol. The summed E-state index contributed by atoms with van der Waals surface area (Å²) in [4.78, 5) is 4.44. The molecule has 5 rings (SSSR count). The van der Waals surface area contributed by atoms with Crippen LogP contribution in [0, 0.1) is 5.82 Å². The number of nitrogens with zero attached hydrogens (tertiary/aromatic N) is 1. The molecular formula is C21H21FN2O2. The van der Waals surface area contributed by atoms with Crippen molar-refractivity contribution in [3.8, 4) is 11.3 Å². The molecule has 0 radical (unpaired) electrons. The Balaban J connectivity index is 1.76. The van der Waals surface area contributed by atoms with Gasteiger partial charge in [-0.15, -0.1) is 0 Å². The number of furan rings is 1. The molecule has 2 unspecified atom stereocenters. The van der Waals surface area contributed by atoms with Crippen LogP contribution in [0.25, 0.3) is 22.2 Å². The molecule has 1 fully saturated rings. The Morgan fingerprint density at radius 2 is 2.08 bits per heavy atom. The number of nitrogens with one attached hydrogen (secondary N) is 1. The van der Waals surface area contributed by atoms with Gasteiger partial charge < -0.3 is 14.5 Å². The van der Waals surface area contributed by atoms with Gasteiger partial charge in [-0.25, -0.2) is 4.39 Å². The molecule has 2 aromatic heterocycles. The molecule has 2 aliphatic rings. The second-order valence-electron chi connectivity index (χ2n) is 8.13. The number of benzene rings is 1. The van der Waals surface area contributed by atoms with Crippen molar-refractivity contribution in [3.63, 3.8) is 0 Å². The van der Waals surface area contributed by atoms with Crippen LogP contribution >= 0.6 is 0 Å². The second-order valence-corrected chi connectivity index (χ2v) is 8.13. The van der Waals surface area contributed by atoms with Gasteiger partial charge in [0.1, 0.15) is 11.4 Å². The lowest BCUT2D eigenvalue weighted by Crippen LogP contribution is -2.56. The first-order chi connectivity index (χ1) is 12.4. The minimum atomic E-state index is -0.283. The standard InChI is InChI=1S/C21H21FN2O2/c1-20(2)19-21(3,6-9-26-19)14-10-13(15(22)11-16(14)24-20)18-12-5-8-25-17(12)4-7-23-18/h4-5,7-8,10-11,19,24H,6,9H2,1-3H3. The smallest absolute Gasteiger partial charge is 0.137 e. The van der Waals surface area contributed by atoms with E-state index in [9.17, 15) is 0 Å². The largest absolute Gasteiger partial charge is 0.464 e. The van der Waals surface area contributed by atoms with Crippen LogP contribution in [0.1, 0.15) is 32.8 Å². The topological polar surface area (TPSA) is 47.3 Å². The summed E-state index contributed by atoms with van der Waals surface area (Å²) < 4.78 is 26.6. The molecule has 1 aromatic carbocycles. The zero-order chi connectivity index (χ0) is 18.1. The first-order valence-electron chi connectivity index (χ1n) is 8.96. The van der Waals surface area contributed by atoms with Crippen molar-refractivity contribution in [1.82, 2.24) is 4.98 Å². The number of rotatable bonds is 1. The van der Waals surface area contributed by atoms with Crippen molar-refractivity contribution < 1.29 is 13.5 Å². The van der Waals surface area contributed by atoms with E-state index in [0.717, 1.165) is 23.1 Å². The zero-order valence-electron chi connectivity index (χ0n) is 15.1. The highest BCUT2D eigenvalue weighted by molar-refractivity contribution is 5.92. The number of hydrogen-bond acceptors (Lipinski definition) is 4. The number of fused-ring (bicyclic) bond motifs is 4. The summed E-state index contributed by atoms with van der Waals surface area (Å²) in [7, 11) is 0. The van der Waals surface area contributed by atoms with Crippen LogP contribution in [0.2, 0.25) is 0 Å². The lowest BCUT2D eigenvalue weighted by atomic mass is 9.67. The van der Waals surface area contributed by atoms with Gasteiger partial charge in [0, 0.05) is 34.9 Å². The Labute approximate surface area is 151 Å². The Morgan fingerprint density at radius 1 is 1.23 bits per heavy atom. The normalized spacial score (nSPS) is 26.4. The van der Waals surface area contributed by atoms with Crippen LogP contribution < -0.4 is 5.32 Å². The first kappa shape index (κ1) is 15.8. The molecule has 1 N–H and O–H groups in total. The summed E-state index contributed by atoms with van der Waals surface area (Å²) in [5.41, 5.74) is 3.36. The Kier molecular flexibility index (Phi) is 3.09. The van der Waals surface area contributed by atoms with Crippen molar-refractivity contribution in [2.75, 3.05) is 11.9 Å². The van der Waals surface area contributed by atoms with E-state index in [-0.39, 0.29) is 22.9 Å². The zero-order valence-corrected chi connectivity index (χ0v) is 15.1. The Hall–Kier alpha value is -2.40. The number of hydrogen-bond donors (Lipinski definition) is 1. The summed E-state index contributed by atoms with van der Waals surface area (Å²) in [5, 5.41) is 4.30. The third-order valence-electron chi connectivity index (χ3n) is 5.95. The summed E-state index contributed by atoms with van der Waals surface area (Å²) in [6.07, 6.45) is 4.23. The molecule has 0 spiro atoms.